The molecule has 0 amide bonds. The summed E-state index contributed by atoms with van der Waals surface area (Å²) in [4.78, 5) is 0. The average Bonchev–Trinajstić information content (AvgIpc) is 3.10. The van der Waals surface area contributed by atoms with Crippen LogP contribution in [0.15, 0.2) is 78.9 Å². The second-order valence-corrected chi connectivity index (χ2v) is 12.2. The largest absolute Gasteiger partial charge is 0.497 e. The summed E-state index contributed by atoms with van der Waals surface area (Å²) in [6, 6.07) is 28.3. The van der Waals surface area contributed by atoms with Gasteiger partial charge in [0.2, 0.25) is 0 Å². The third-order valence-electron chi connectivity index (χ3n) is 7.09. The predicted molar refractivity (Wildman–Crippen MR) is 189 cm³/mol. The van der Waals surface area contributed by atoms with Crippen LogP contribution in [0, 0.1) is 23.7 Å². The van der Waals surface area contributed by atoms with Gasteiger partial charge in [-0.15, -0.1) is 6.42 Å². The smallest absolute Gasteiger partial charge is 0.259 e. The molecule has 0 fully saturated rings. The first kappa shape index (κ1) is 39.7. The lowest BCUT2D eigenvalue weighted by atomic mass is 9.80. The summed E-state index contributed by atoms with van der Waals surface area (Å²) in [6.07, 6.45) is 5.36. The van der Waals surface area contributed by atoms with E-state index >= 15 is 0 Å². The quantitative estimate of drug-likeness (QED) is 0.0549. The number of nitriles is 1. The number of ether oxygens (including phenoxy) is 4. The Labute approximate surface area is 283 Å². The monoisotopic (exact) mass is 662 g/mol. The maximum atomic E-state index is 9.09. The highest BCUT2D eigenvalue weighted by Gasteiger charge is 2.39. The summed E-state index contributed by atoms with van der Waals surface area (Å²) >= 11 is 0. The molecule has 0 spiro atoms. The molecule has 0 aliphatic carbocycles. The molecule has 3 aromatic rings. The van der Waals surface area contributed by atoms with Crippen LogP contribution in [0.5, 0.6) is 11.5 Å². The molecule has 9 heteroatoms. The van der Waals surface area contributed by atoms with Crippen molar-refractivity contribution in [1.82, 2.24) is 4.67 Å². The number of hydrogen-bond donors (Lipinski definition) is 0. The standard InChI is InChI=1S/C36H45N2O6P.C2H6/c1-8-24-41-35(27-44-45(43-25-12-23-37)38(28(2)3)29(4)5)26-42-36(30-13-10-9-11-14-30,31-15-19-33(39-6)20-16-31)32-17-21-34(40-7)22-18-32;1-2/h1,9-11,13-22,28-29,35H,12,24-27H2,2-7H3;1-2H3. The van der Waals surface area contributed by atoms with Crippen molar-refractivity contribution >= 4 is 8.53 Å². The lowest BCUT2D eigenvalue weighted by Gasteiger charge is -2.38. The van der Waals surface area contributed by atoms with E-state index in [-0.39, 0.29) is 44.9 Å². The SMILES string of the molecule is C#CCOC(COP(OCCC#N)N(C(C)C)C(C)C)COC(c1ccccc1)(c1ccc(OC)cc1)c1ccc(OC)cc1.CC. The fourth-order valence-electron chi connectivity index (χ4n) is 5.06. The lowest BCUT2D eigenvalue weighted by Crippen LogP contribution is -2.38. The van der Waals surface area contributed by atoms with E-state index in [1.165, 1.54) is 0 Å². The number of terminal acetylenes is 1. The molecule has 0 heterocycles. The summed E-state index contributed by atoms with van der Waals surface area (Å²) in [5.41, 5.74) is 1.73. The van der Waals surface area contributed by atoms with Crippen molar-refractivity contribution < 1.29 is 28.0 Å². The van der Waals surface area contributed by atoms with Crippen LogP contribution in [0.2, 0.25) is 0 Å². The zero-order valence-electron chi connectivity index (χ0n) is 29.1. The molecule has 0 saturated carbocycles. The van der Waals surface area contributed by atoms with Gasteiger partial charge in [-0.3, -0.25) is 0 Å². The lowest BCUT2D eigenvalue weighted by molar-refractivity contribution is -0.0718. The molecule has 3 rings (SSSR count). The van der Waals surface area contributed by atoms with Crippen LogP contribution in [-0.2, 0) is 24.1 Å². The molecule has 254 valence electrons. The second kappa shape index (κ2) is 21.4. The molecule has 0 N–H and O–H groups in total. The van der Waals surface area contributed by atoms with Gasteiger partial charge in [0, 0.05) is 12.1 Å². The van der Waals surface area contributed by atoms with Crippen LogP contribution in [0.4, 0.5) is 0 Å². The van der Waals surface area contributed by atoms with Crippen LogP contribution in [0.1, 0.15) is 64.7 Å². The molecule has 0 radical (unpaired) electrons. The van der Waals surface area contributed by atoms with Crippen LogP contribution >= 0.6 is 8.53 Å². The summed E-state index contributed by atoms with van der Waals surface area (Å²) in [5.74, 6) is 4.05. The molecule has 0 aromatic heterocycles. The molecule has 47 heavy (non-hydrogen) atoms. The third-order valence-corrected chi connectivity index (χ3v) is 9.17. The van der Waals surface area contributed by atoms with Gasteiger partial charge in [-0.05, 0) is 68.7 Å². The van der Waals surface area contributed by atoms with Gasteiger partial charge in [-0.1, -0.05) is 74.4 Å². The van der Waals surface area contributed by atoms with Crippen molar-refractivity contribution in [3.63, 3.8) is 0 Å². The highest BCUT2D eigenvalue weighted by Crippen LogP contribution is 2.46. The van der Waals surface area contributed by atoms with Gasteiger partial charge in [0.25, 0.3) is 8.53 Å². The first-order valence-electron chi connectivity index (χ1n) is 16.0. The van der Waals surface area contributed by atoms with Gasteiger partial charge in [-0.2, -0.15) is 5.26 Å². The minimum Gasteiger partial charge on any atom is -0.497 e. The Hall–Kier alpha value is -3.46. The first-order valence-corrected chi connectivity index (χ1v) is 17.2. The summed E-state index contributed by atoms with van der Waals surface area (Å²) in [6.45, 7) is 13.1. The van der Waals surface area contributed by atoms with E-state index in [4.69, 9.17) is 39.7 Å². The molecule has 0 aliphatic rings. The molecule has 2 unspecified atom stereocenters. The van der Waals surface area contributed by atoms with Crippen molar-refractivity contribution in [3.05, 3.63) is 95.6 Å². The fraction of sp³-hybridized carbons (Fsp3) is 0.447. The zero-order chi connectivity index (χ0) is 34.7. The Morgan fingerprint density at radius 1 is 0.766 bits per heavy atom. The van der Waals surface area contributed by atoms with Crippen molar-refractivity contribution in [2.24, 2.45) is 0 Å². The maximum absolute atomic E-state index is 9.09. The third kappa shape index (κ3) is 11.3. The fourth-order valence-corrected chi connectivity index (χ4v) is 6.70. The minimum atomic E-state index is -1.48. The number of nitrogens with zero attached hydrogens (tertiary/aromatic N) is 2. The normalized spacial score (nSPS) is 12.5. The summed E-state index contributed by atoms with van der Waals surface area (Å²) in [5, 5.41) is 9.09. The first-order chi connectivity index (χ1) is 22.8. The molecule has 2 atom stereocenters. The van der Waals surface area contributed by atoms with E-state index < -0.39 is 20.2 Å². The molecular formula is C38H51N2O6P. The van der Waals surface area contributed by atoms with Gasteiger partial charge in [-0.25, -0.2) is 4.67 Å². The van der Waals surface area contributed by atoms with Crippen LogP contribution in [0.25, 0.3) is 0 Å². The molecule has 3 aromatic carbocycles. The minimum absolute atomic E-state index is 0.0894. The van der Waals surface area contributed by atoms with Gasteiger partial charge in [0.15, 0.2) is 0 Å². The second-order valence-electron chi connectivity index (χ2n) is 10.8. The topological polar surface area (TPSA) is 82.4 Å². The van der Waals surface area contributed by atoms with Crippen LogP contribution < -0.4 is 9.47 Å². The van der Waals surface area contributed by atoms with Crippen molar-refractivity contribution in [2.45, 2.75) is 71.8 Å². The molecular weight excluding hydrogens is 611 g/mol. The van der Waals surface area contributed by atoms with Crippen LogP contribution in [-0.4, -0.2) is 63.5 Å². The van der Waals surface area contributed by atoms with Crippen molar-refractivity contribution in [1.29, 1.82) is 5.26 Å². The Balaban J connectivity index is 0.00000376. The van der Waals surface area contributed by atoms with Crippen molar-refractivity contribution in [3.8, 4) is 29.9 Å². The van der Waals surface area contributed by atoms with Gasteiger partial charge >= 0.3 is 0 Å². The number of hydrogen-bond acceptors (Lipinski definition) is 8. The molecule has 8 nitrogen and oxygen atoms in total. The van der Waals surface area contributed by atoms with E-state index in [0.717, 1.165) is 28.2 Å². The van der Waals surface area contributed by atoms with E-state index in [9.17, 15) is 0 Å². The summed E-state index contributed by atoms with van der Waals surface area (Å²) in [7, 11) is 1.81. The maximum Gasteiger partial charge on any atom is 0.259 e. The van der Waals surface area contributed by atoms with E-state index in [0.29, 0.717) is 0 Å². The highest BCUT2D eigenvalue weighted by atomic mass is 31.2. The average molecular weight is 663 g/mol. The molecule has 0 aliphatic heterocycles. The van der Waals surface area contributed by atoms with E-state index in [1.807, 2.05) is 92.7 Å². The Morgan fingerprint density at radius 2 is 1.28 bits per heavy atom. The molecule has 0 bridgehead atoms. The number of rotatable bonds is 19. The predicted octanol–water partition coefficient (Wildman–Crippen LogP) is 8.35. The number of benzene rings is 3. The summed E-state index contributed by atoms with van der Waals surface area (Å²) < 4.78 is 38.8. The number of methoxy groups -OCH3 is 2. The molecule has 0 saturated heterocycles. The Kier molecular flexibility index (Phi) is 18.1. The highest BCUT2D eigenvalue weighted by molar-refractivity contribution is 7.44. The van der Waals surface area contributed by atoms with Gasteiger partial charge in [0.05, 0.1) is 46.5 Å². The van der Waals surface area contributed by atoms with Gasteiger partial charge < -0.3 is 28.0 Å². The van der Waals surface area contributed by atoms with Crippen molar-refractivity contribution in [2.75, 3.05) is 40.6 Å². The van der Waals surface area contributed by atoms with Gasteiger partial charge in [0.1, 0.15) is 29.8 Å². The van der Waals surface area contributed by atoms with Crippen LogP contribution in [0.3, 0.4) is 0 Å². The Bertz CT molecular complexity index is 1300. The Morgan fingerprint density at radius 3 is 1.72 bits per heavy atom. The van der Waals surface area contributed by atoms with E-state index in [2.05, 4.69) is 44.4 Å². The zero-order valence-corrected chi connectivity index (χ0v) is 30.0. The van der Waals surface area contributed by atoms with E-state index in [1.54, 1.807) is 14.2 Å².